The van der Waals surface area contributed by atoms with Crippen LogP contribution in [0.15, 0.2) is 194 Å². The van der Waals surface area contributed by atoms with Crippen LogP contribution in [0.5, 0.6) is 0 Å². The summed E-state index contributed by atoms with van der Waals surface area (Å²) < 4.78 is 7.53. The quantitative estimate of drug-likeness (QED) is 0.172. The highest BCUT2D eigenvalue weighted by Crippen LogP contribution is 2.42. The highest BCUT2D eigenvalue weighted by Gasteiger charge is 2.18. The number of aromatic nitrogens is 2. The number of fused-ring (bicyclic) bond motifs is 10. The number of nitrogens with zero attached hydrogens (tertiary/aromatic N) is 2. The first-order chi connectivity index (χ1) is 27.3. The van der Waals surface area contributed by atoms with Crippen molar-refractivity contribution >= 4 is 85.9 Å². The van der Waals surface area contributed by atoms with Gasteiger partial charge in [0.2, 0.25) is 0 Å². The van der Waals surface area contributed by atoms with Gasteiger partial charge in [0.25, 0.3) is 0 Å². The maximum atomic E-state index is 2.45. The molecule has 0 aliphatic heterocycles. The molecule has 12 rings (SSSR count). The summed E-state index contributed by atoms with van der Waals surface area (Å²) in [5.41, 5.74) is 12.1. The van der Waals surface area contributed by atoms with Crippen molar-refractivity contribution in [1.82, 2.24) is 9.13 Å². The van der Waals surface area contributed by atoms with Gasteiger partial charge in [-0.05, 0) is 88.3 Å². The topological polar surface area (TPSA) is 9.86 Å². The smallest absolute Gasteiger partial charge is 0.0541 e. The molecule has 0 amide bonds. The fourth-order valence-electron chi connectivity index (χ4n) is 9.04. The van der Waals surface area contributed by atoms with Crippen LogP contribution in [0.2, 0.25) is 0 Å². The van der Waals surface area contributed by atoms with Crippen LogP contribution in [0.4, 0.5) is 0 Å². The summed E-state index contributed by atoms with van der Waals surface area (Å²) in [5.74, 6) is 0. The molecule has 55 heavy (non-hydrogen) atoms. The normalized spacial score (nSPS) is 12.0. The average Bonchev–Trinajstić information content (AvgIpc) is 3.90. The van der Waals surface area contributed by atoms with Crippen molar-refractivity contribution in [3.63, 3.8) is 0 Å². The van der Waals surface area contributed by atoms with Gasteiger partial charge in [0.1, 0.15) is 0 Å². The minimum absolute atomic E-state index is 1.19. The van der Waals surface area contributed by atoms with Crippen LogP contribution < -0.4 is 0 Å². The van der Waals surface area contributed by atoms with Crippen molar-refractivity contribution in [2.75, 3.05) is 0 Å². The van der Waals surface area contributed by atoms with E-state index in [-0.39, 0.29) is 0 Å². The van der Waals surface area contributed by atoms with Gasteiger partial charge in [-0.15, -0.1) is 11.3 Å². The third kappa shape index (κ3) is 4.54. The summed E-state index contributed by atoms with van der Waals surface area (Å²) in [4.78, 5) is 0. The molecule has 0 radical (unpaired) electrons. The molecule has 2 nitrogen and oxygen atoms in total. The Kier molecular flexibility index (Phi) is 6.54. The molecule has 0 spiro atoms. The Morgan fingerprint density at radius 2 is 0.836 bits per heavy atom. The van der Waals surface area contributed by atoms with Gasteiger partial charge in [-0.3, -0.25) is 0 Å². The predicted octanol–water partition coefficient (Wildman–Crippen LogP) is 14.7. The van der Waals surface area contributed by atoms with Crippen LogP contribution in [-0.2, 0) is 0 Å². The Morgan fingerprint density at radius 3 is 1.56 bits per heavy atom. The summed E-state index contributed by atoms with van der Waals surface area (Å²) in [7, 11) is 0. The molecular weight excluding hydrogens is 685 g/mol. The number of thiophene rings is 1. The zero-order valence-corrected chi connectivity index (χ0v) is 30.6. The van der Waals surface area contributed by atoms with E-state index >= 15 is 0 Å². The molecule has 256 valence electrons. The molecule has 9 aromatic carbocycles. The van der Waals surface area contributed by atoms with E-state index in [0.29, 0.717) is 0 Å². The number of para-hydroxylation sites is 2. The van der Waals surface area contributed by atoms with Gasteiger partial charge in [-0.2, -0.15) is 0 Å². The van der Waals surface area contributed by atoms with Crippen LogP contribution in [0.3, 0.4) is 0 Å². The van der Waals surface area contributed by atoms with Crippen LogP contribution in [-0.4, -0.2) is 9.13 Å². The van der Waals surface area contributed by atoms with E-state index < -0.39 is 0 Å². The van der Waals surface area contributed by atoms with Crippen LogP contribution >= 0.6 is 11.3 Å². The third-order valence-electron chi connectivity index (χ3n) is 11.5. The zero-order valence-electron chi connectivity index (χ0n) is 29.8. The maximum absolute atomic E-state index is 2.45. The molecule has 0 unspecified atom stereocenters. The minimum atomic E-state index is 1.19. The molecule has 0 fully saturated rings. The molecule has 0 bridgehead atoms. The number of benzene rings is 9. The molecule has 0 aliphatic carbocycles. The van der Waals surface area contributed by atoms with Gasteiger partial charge in [-0.1, -0.05) is 133 Å². The summed E-state index contributed by atoms with van der Waals surface area (Å²) in [6, 6.07) is 71.4. The van der Waals surface area contributed by atoms with Crippen molar-refractivity contribution in [1.29, 1.82) is 0 Å². The van der Waals surface area contributed by atoms with Gasteiger partial charge in [0, 0.05) is 52.8 Å². The fraction of sp³-hybridized carbons (Fsp3) is 0. The van der Waals surface area contributed by atoms with Crippen LogP contribution in [0.25, 0.3) is 108 Å². The first-order valence-corrected chi connectivity index (χ1v) is 19.7. The Morgan fingerprint density at radius 1 is 0.291 bits per heavy atom. The van der Waals surface area contributed by atoms with E-state index in [9.17, 15) is 0 Å². The Hall–Kier alpha value is -6.94. The van der Waals surface area contributed by atoms with E-state index in [0.717, 1.165) is 0 Å². The lowest BCUT2D eigenvalue weighted by molar-refractivity contribution is 1.19. The summed E-state index contributed by atoms with van der Waals surface area (Å²) in [6.07, 6.45) is 0. The van der Waals surface area contributed by atoms with Crippen molar-refractivity contribution in [2.24, 2.45) is 0 Å². The minimum Gasteiger partial charge on any atom is -0.309 e. The molecule has 0 saturated heterocycles. The molecule has 3 aromatic heterocycles. The summed E-state index contributed by atoms with van der Waals surface area (Å²) in [5, 5.41) is 10.2. The second kappa shape index (κ2) is 11.8. The summed E-state index contributed by atoms with van der Waals surface area (Å²) in [6.45, 7) is 0. The second-order valence-corrected chi connectivity index (χ2v) is 15.6. The standard InChI is InChI=1S/C52H32N2S/c1-2-12-33(13-3-1)37-26-29-48(39-15-5-4-14-38(37)39)54-47-20-10-7-17-41(47)45-31-35(23-28-50(45)54)34-22-27-49-44(30-34)40-16-6-9-19-46(40)53(49)36-24-25-43-42-18-8-11-21-51(42)55-52(43)32-36/h1-32H. The molecule has 12 aromatic rings. The van der Waals surface area contributed by atoms with Gasteiger partial charge < -0.3 is 9.13 Å². The van der Waals surface area contributed by atoms with Gasteiger partial charge in [0.15, 0.2) is 0 Å². The summed E-state index contributed by atoms with van der Waals surface area (Å²) >= 11 is 1.87. The maximum Gasteiger partial charge on any atom is 0.0541 e. The molecule has 3 heteroatoms. The zero-order chi connectivity index (χ0) is 36.0. The first-order valence-electron chi connectivity index (χ1n) is 18.8. The van der Waals surface area contributed by atoms with E-state index in [1.807, 2.05) is 11.3 Å². The highest BCUT2D eigenvalue weighted by molar-refractivity contribution is 7.25. The number of rotatable bonds is 4. The Balaban J connectivity index is 1.03. The van der Waals surface area contributed by atoms with E-state index in [1.54, 1.807) is 0 Å². The van der Waals surface area contributed by atoms with Crippen molar-refractivity contribution in [3.8, 4) is 33.6 Å². The average molecular weight is 717 g/mol. The first kappa shape index (κ1) is 30.5. The molecular formula is C52H32N2S. The van der Waals surface area contributed by atoms with E-state index in [2.05, 4.69) is 203 Å². The van der Waals surface area contributed by atoms with Crippen molar-refractivity contribution < 1.29 is 0 Å². The van der Waals surface area contributed by atoms with E-state index in [1.165, 1.54) is 108 Å². The SMILES string of the molecule is c1ccc(-c2ccc(-n3c4ccccc4c4cc(-c5ccc6c(c5)c5ccccc5n6-c5ccc6c(c5)sc5ccccc56)ccc43)c3ccccc23)cc1. The lowest BCUT2D eigenvalue weighted by atomic mass is 9.97. The Bertz CT molecular complexity index is 3490. The largest absolute Gasteiger partial charge is 0.309 e. The third-order valence-corrected chi connectivity index (χ3v) is 12.7. The molecule has 3 heterocycles. The molecule has 0 N–H and O–H groups in total. The van der Waals surface area contributed by atoms with Crippen LogP contribution in [0.1, 0.15) is 0 Å². The monoisotopic (exact) mass is 716 g/mol. The molecule has 0 aliphatic rings. The van der Waals surface area contributed by atoms with Crippen molar-refractivity contribution in [3.05, 3.63) is 194 Å². The lowest BCUT2D eigenvalue weighted by Crippen LogP contribution is -1.96. The fourth-order valence-corrected chi connectivity index (χ4v) is 10.2. The number of hydrogen-bond acceptors (Lipinski definition) is 1. The highest BCUT2D eigenvalue weighted by atomic mass is 32.1. The lowest BCUT2D eigenvalue weighted by Gasteiger charge is -2.15. The molecule has 0 saturated carbocycles. The predicted molar refractivity (Wildman–Crippen MR) is 236 cm³/mol. The molecule has 0 atom stereocenters. The second-order valence-electron chi connectivity index (χ2n) is 14.5. The van der Waals surface area contributed by atoms with Crippen LogP contribution in [0, 0.1) is 0 Å². The van der Waals surface area contributed by atoms with Gasteiger partial charge in [-0.25, -0.2) is 0 Å². The number of hydrogen-bond donors (Lipinski definition) is 0. The Labute approximate surface area is 321 Å². The van der Waals surface area contributed by atoms with Crippen molar-refractivity contribution in [2.45, 2.75) is 0 Å². The van der Waals surface area contributed by atoms with Gasteiger partial charge in [0.05, 0.1) is 27.8 Å². The van der Waals surface area contributed by atoms with Gasteiger partial charge >= 0.3 is 0 Å². The van der Waals surface area contributed by atoms with E-state index in [4.69, 9.17) is 0 Å².